The van der Waals surface area contributed by atoms with Crippen molar-refractivity contribution in [3.05, 3.63) is 28.4 Å². The zero-order chi connectivity index (χ0) is 11.0. The average Bonchev–Trinajstić information content (AvgIpc) is 2.73. The Labute approximate surface area is 102 Å². The minimum atomic E-state index is 0.563. The summed E-state index contributed by atoms with van der Waals surface area (Å²) in [5.74, 6) is 0.563. The van der Waals surface area contributed by atoms with Gasteiger partial charge in [-0.05, 0) is 31.0 Å². The van der Waals surface area contributed by atoms with Crippen LogP contribution in [0.5, 0.6) is 0 Å². The van der Waals surface area contributed by atoms with Gasteiger partial charge in [0, 0.05) is 34.7 Å². The van der Waals surface area contributed by atoms with Gasteiger partial charge in [-0.2, -0.15) is 5.10 Å². The van der Waals surface area contributed by atoms with E-state index in [-0.39, 0.29) is 0 Å². The number of hydrogen-bond donors (Lipinski definition) is 1. The highest BCUT2D eigenvalue weighted by atomic mass is 79.9. The monoisotopic (exact) mass is 280 g/mol. The Balaban J connectivity index is 2.05. The van der Waals surface area contributed by atoms with Gasteiger partial charge in [-0.1, -0.05) is 15.9 Å². The van der Waals surface area contributed by atoms with E-state index in [1.807, 2.05) is 12.1 Å². The largest absolute Gasteiger partial charge is 0.381 e. The van der Waals surface area contributed by atoms with E-state index in [1.54, 1.807) is 0 Å². The molecule has 3 rings (SSSR count). The van der Waals surface area contributed by atoms with Crippen LogP contribution in [0.15, 0.2) is 22.7 Å². The summed E-state index contributed by atoms with van der Waals surface area (Å²) < 4.78 is 6.50. The van der Waals surface area contributed by atoms with E-state index in [1.165, 1.54) is 11.1 Å². The molecule has 84 valence electrons. The minimum absolute atomic E-state index is 0.563. The number of aromatic amines is 1. The van der Waals surface area contributed by atoms with Crippen LogP contribution in [0.3, 0.4) is 0 Å². The molecule has 0 radical (unpaired) electrons. The number of ether oxygens (including phenoxy) is 1. The average molecular weight is 281 g/mol. The molecule has 0 bridgehead atoms. The summed E-state index contributed by atoms with van der Waals surface area (Å²) in [7, 11) is 0. The second kappa shape index (κ2) is 4.18. The zero-order valence-corrected chi connectivity index (χ0v) is 10.5. The lowest BCUT2D eigenvalue weighted by Crippen LogP contribution is -2.14. The Morgan fingerprint density at radius 2 is 2.12 bits per heavy atom. The van der Waals surface area contributed by atoms with E-state index < -0.39 is 0 Å². The second-order valence-corrected chi connectivity index (χ2v) is 5.10. The number of hydrogen-bond acceptors (Lipinski definition) is 2. The van der Waals surface area contributed by atoms with Gasteiger partial charge in [-0.25, -0.2) is 0 Å². The maximum atomic E-state index is 5.39. The zero-order valence-electron chi connectivity index (χ0n) is 8.87. The second-order valence-electron chi connectivity index (χ2n) is 4.19. The minimum Gasteiger partial charge on any atom is -0.381 e. The van der Waals surface area contributed by atoms with Crippen LogP contribution in [0, 0.1) is 0 Å². The highest BCUT2D eigenvalue weighted by molar-refractivity contribution is 9.10. The normalized spacial score (nSPS) is 18.1. The number of halogens is 1. The van der Waals surface area contributed by atoms with E-state index in [0.717, 1.165) is 36.0 Å². The fraction of sp³-hybridized carbons (Fsp3) is 0.417. The van der Waals surface area contributed by atoms with Gasteiger partial charge in [-0.3, -0.25) is 5.10 Å². The molecular weight excluding hydrogens is 268 g/mol. The number of H-pyrrole nitrogens is 1. The van der Waals surface area contributed by atoms with Gasteiger partial charge >= 0.3 is 0 Å². The molecule has 0 saturated carbocycles. The van der Waals surface area contributed by atoms with Crippen LogP contribution >= 0.6 is 15.9 Å². The lowest BCUT2D eigenvalue weighted by Gasteiger charge is -2.21. The maximum absolute atomic E-state index is 5.39. The van der Waals surface area contributed by atoms with Crippen molar-refractivity contribution in [2.75, 3.05) is 13.2 Å². The summed E-state index contributed by atoms with van der Waals surface area (Å²) in [5.41, 5.74) is 2.31. The van der Waals surface area contributed by atoms with Crippen LogP contribution in [-0.2, 0) is 4.74 Å². The van der Waals surface area contributed by atoms with Crippen molar-refractivity contribution in [1.82, 2.24) is 10.2 Å². The first-order chi connectivity index (χ1) is 7.84. The number of nitrogens with zero attached hydrogens (tertiary/aromatic N) is 1. The van der Waals surface area contributed by atoms with Crippen LogP contribution in [0.2, 0.25) is 0 Å². The SMILES string of the molecule is Brc1ccc2n[nH]c(C3CCOCC3)c2c1. The molecule has 0 spiro atoms. The lowest BCUT2D eigenvalue weighted by molar-refractivity contribution is 0.0847. The maximum Gasteiger partial charge on any atom is 0.0924 e. The third kappa shape index (κ3) is 1.76. The van der Waals surface area contributed by atoms with Crippen molar-refractivity contribution in [2.45, 2.75) is 18.8 Å². The van der Waals surface area contributed by atoms with Gasteiger partial charge in [0.1, 0.15) is 0 Å². The summed E-state index contributed by atoms with van der Waals surface area (Å²) in [5, 5.41) is 8.77. The first kappa shape index (κ1) is 10.3. The quantitative estimate of drug-likeness (QED) is 0.871. The molecule has 0 unspecified atom stereocenters. The van der Waals surface area contributed by atoms with Crippen LogP contribution < -0.4 is 0 Å². The molecule has 0 aliphatic carbocycles. The first-order valence-electron chi connectivity index (χ1n) is 5.56. The molecule has 1 aromatic heterocycles. The van der Waals surface area contributed by atoms with Crippen LogP contribution in [0.4, 0.5) is 0 Å². The predicted molar refractivity (Wildman–Crippen MR) is 66.6 cm³/mol. The standard InChI is InChI=1S/C12H13BrN2O/c13-9-1-2-11-10(7-9)12(15-14-11)8-3-5-16-6-4-8/h1-2,7-8H,3-6H2,(H,14,15). The Bertz CT molecular complexity index is 503. The third-order valence-corrected chi connectivity index (χ3v) is 3.67. The summed E-state index contributed by atoms with van der Waals surface area (Å²) in [6.45, 7) is 1.72. The van der Waals surface area contributed by atoms with Gasteiger partial charge in [0.15, 0.2) is 0 Å². The molecule has 0 atom stereocenters. The molecule has 1 aliphatic rings. The molecular formula is C12H13BrN2O. The molecule has 16 heavy (non-hydrogen) atoms. The molecule has 3 nitrogen and oxygen atoms in total. The predicted octanol–water partition coefficient (Wildman–Crippen LogP) is 3.22. The molecule has 1 N–H and O–H groups in total. The van der Waals surface area contributed by atoms with Crippen molar-refractivity contribution in [3.63, 3.8) is 0 Å². The molecule has 1 aliphatic heterocycles. The van der Waals surface area contributed by atoms with Gasteiger partial charge < -0.3 is 4.74 Å². The Kier molecular flexibility index (Phi) is 2.69. The summed E-state index contributed by atoms with van der Waals surface area (Å²) in [6, 6.07) is 6.21. The molecule has 0 amide bonds. The van der Waals surface area contributed by atoms with Crippen LogP contribution in [-0.4, -0.2) is 23.4 Å². The van der Waals surface area contributed by atoms with Crippen LogP contribution in [0.25, 0.3) is 10.9 Å². The number of aromatic nitrogens is 2. The van der Waals surface area contributed by atoms with Crippen molar-refractivity contribution >= 4 is 26.8 Å². The topological polar surface area (TPSA) is 37.9 Å². The number of fused-ring (bicyclic) bond motifs is 1. The summed E-state index contributed by atoms with van der Waals surface area (Å²) in [6.07, 6.45) is 2.17. The van der Waals surface area contributed by atoms with Crippen molar-refractivity contribution in [2.24, 2.45) is 0 Å². The van der Waals surface area contributed by atoms with E-state index in [9.17, 15) is 0 Å². The van der Waals surface area contributed by atoms with Gasteiger partial charge in [0.05, 0.1) is 5.52 Å². The van der Waals surface area contributed by atoms with E-state index in [2.05, 4.69) is 32.2 Å². The smallest absolute Gasteiger partial charge is 0.0924 e. The van der Waals surface area contributed by atoms with Crippen molar-refractivity contribution in [3.8, 4) is 0 Å². The van der Waals surface area contributed by atoms with Crippen molar-refractivity contribution < 1.29 is 4.74 Å². The summed E-state index contributed by atoms with van der Waals surface area (Å²) in [4.78, 5) is 0. The van der Waals surface area contributed by atoms with Gasteiger partial charge in [-0.15, -0.1) is 0 Å². The molecule has 1 saturated heterocycles. The lowest BCUT2D eigenvalue weighted by atomic mass is 9.94. The van der Waals surface area contributed by atoms with Crippen LogP contribution in [0.1, 0.15) is 24.5 Å². The van der Waals surface area contributed by atoms with E-state index in [4.69, 9.17) is 4.74 Å². The van der Waals surface area contributed by atoms with Gasteiger partial charge in [0.2, 0.25) is 0 Å². The highest BCUT2D eigenvalue weighted by Gasteiger charge is 2.20. The molecule has 2 aromatic rings. The number of rotatable bonds is 1. The Hall–Kier alpha value is -0.870. The fourth-order valence-corrected chi connectivity index (χ4v) is 2.66. The molecule has 1 aromatic carbocycles. The molecule has 1 fully saturated rings. The van der Waals surface area contributed by atoms with E-state index >= 15 is 0 Å². The van der Waals surface area contributed by atoms with Crippen molar-refractivity contribution in [1.29, 1.82) is 0 Å². The van der Waals surface area contributed by atoms with E-state index in [0.29, 0.717) is 5.92 Å². The molecule has 2 heterocycles. The Morgan fingerprint density at radius 3 is 2.94 bits per heavy atom. The number of nitrogens with one attached hydrogen (secondary N) is 1. The van der Waals surface area contributed by atoms with Gasteiger partial charge in [0.25, 0.3) is 0 Å². The third-order valence-electron chi connectivity index (χ3n) is 3.18. The highest BCUT2D eigenvalue weighted by Crippen LogP contribution is 2.31. The Morgan fingerprint density at radius 1 is 1.31 bits per heavy atom. The first-order valence-corrected chi connectivity index (χ1v) is 6.35. The fourth-order valence-electron chi connectivity index (χ4n) is 2.30. The number of benzene rings is 1. The summed E-state index contributed by atoms with van der Waals surface area (Å²) >= 11 is 3.51. The molecule has 4 heteroatoms.